The van der Waals surface area contributed by atoms with E-state index >= 15 is 0 Å². The molecular formula is C19H23Cl2N3O5. The maximum atomic E-state index is 12.1. The van der Waals surface area contributed by atoms with Crippen molar-refractivity contribution in [3.8, 4) is 5.75 Å². The summed E-state index contributed by atoms with van der Waals surface area (Å²) >= 11 is 12.0. The number of aliphatic imine (C=N–C) groups is 1. The highest BCUT2D eigenvalue weighted by Gasteiger charge is 2.30. The summed E-state index contributed by atoms with van der Waals surface area (Å²) in [4.78, 5) is 27.7. The Bertz CT molecular complexity index is 814. The summed E-state index contributed by atoms with van der Waals surface area (Å²) in [6.45, 7) is 7.05. The number of nitrogens with one attached hydrogen (secondary N) is 2. The molecule has 0 aliphatic carbocycles. The van der Waals surface area contributed by atoms with Crippen molar-refractivity contribution in [2.75, 3.05) is 18.5 Å². The number of carbonyl (C=O) groups is 2. The average molecular weight is 444 g/mol. The van der Waals surface area contributed by atoms with Gasteiger partial charge in [-0.2, -0.15) is 0 Å². The smallest absolute Gasteiger partial charge is 0.344 e. The largest absolute Gasteiger partial charge is 0.482 e. The van der Waals surface area contributed by atoms with Crippen LogP contribution >= 0.6 is 23.2 Å². The number of carbonyl (C=O) groups excluding carboxylic acids is 2. The summed E-state index contributed by atoms with van der Waals surface area (Å²) in [7, 11) is 0. The van der Waals surface area contributed by atoms with E-state index in [1.54, 1.807) is 52.0 Å². The molecular weight excluding hydrogens is 421 g/mol. The van der Waals surface area contributed by atoms with Crippen LogP contribution in [0.2, 0.25) is 0 Å². The summed E-state index contributed by atoms with van der Waals surface area (Å²) in [5.74, 6) is -0.323. The lowest BCUT2D eigenvalue weighted by Gasteiger charge is -2.26. The number of halogens is 2. The standard InChI is InChI=1S/C19H23Cl2N3O5/c1-5-27-17(26)14-10-22-19(20,21)24-16(14)23-12-6-8-13(9-7-12)28-11-15(25)29-18(2,3)4/h6-10,23-24H,5,11H2,1-4H3. The Labute approximate surface area is 179 Å². The SMILES string of the molecule is CCOC(=O)C1=C(Nc2ccc(OCC(=O)OC(C)(C)C)cc2)NC(Cl)(Cl)N=C1. The van der Waals surface area contributed by atoms with Crippen molar-refractivity contribution in [1.82, 2.24) is 5.32 Å². The summed E-state index contributed by atoms with van der Waals surface area (Å²) < 4.78 is 14.0. The molecule has 0 saturated heterocycles. The summed E-state index contributed by atoms with van der Waals surface area (Å²) in [6, 6.07) is 6.70. The van der Waals surface area contributed by atoms with E-state index in [1.165, 1.54) is 6.21 Å². The van der Waals surface area contributed by atoms with Crippen molar-refractivity contribution in [2.24, 2.45) is 4.99 Å². The molecule has 29 heavy (non-hydrogen) atoms. The molecule has 0 saturated carbocycles. The van der Waals surface area contributed by atoms with Gasteiger partial charge < -0.3 is 24.8 Å². The van der Waals surface area contributed by atoms with Crippen molar-refractivity contribution in [1.29, 1.82) is 0 Å². The summed E-state index contributed by atoms with van der Waals surface area (Å²) in [5, 5.41) is 5.72. The maximum absolute atomic E-state index is 12.1. The number of anilines is 1. The van der Waals surface area contributed by atoms with Gasteiger partial charge in [-0.3, -0.25) is 0 Å². The molecule has 0 amide bonds. The van der Waals surface area contributed by atoms with E-state index in [4.69, 9.17) is 37.4 Å². The van der Waals surface area contributed by atoms with E-state index in [0.29, 0.717) is 11.4 Å². The predicted molar refractivity (Wildman–Crippen MR) is 111 cm³/mol. The molecule has 0 spiro atoms. The van der Waals surface area contributed by atoms with Crippen LogP contribution in [0, 0.1) is 0 Å². The first kappa shape index (κ1) is 22.8. The van der Waals surface area contributed by atoms with Crippen LogP contribution in [0.5, 0.6) is 5.75 Å². The third-order valence-corrected chi connectivity index (χ3v) is 3.68. The van der Waals surface area contributed by atoms with E-state index in [0.717, 1.165) is 0 Å². The lowest BCUT2D eigenvalue weighted by Crippen LogP contribution is -2.40. The van der Waals surface area contributed by atoms with E-state index in [9.17, 15) is 9.59 Å². The van der Waals surface area contributed by atoms with Crippen molar-refractivity contribution < 1.29 is 23.8 Å². The number of benzene rings is 1. The van der Waals surface area contributed by atoms with Gasteiger partial charge in [-0.15, -0.1) is 0 Å². The Morgan fingerprint density at radius 3 is 2.45 bits per heavy atom. The Balaban J connectivity index is 2.05. The minimum Gasteiger partial charge on any atom is -0.482 e. The molecule has 1 aromatic carbocycles. The molecule has 2 N–H and O–H groups in total. The van der Waals surface area contributed by atoms with Gasteiger partial charge in [0.2, 0.25) is 0 Å². The maximum Gasteiger partial charge on any atom is 0.344 e. The molecule has 158 valence electrons. The van der Waals surface area contributed by atoms with Gasteiger partial charge in [0, 0.05) is 11.9 Å². The lowest BCUT2D eigenvalue weighted by atomic mass is 10.2. The van der Waals surface area contributed by atoms with Crippen molar-refractivity contribution in [3.05, 3.63) is 35.7 Å². The fourth-order valence-corrected chi connectivity index (χ4v) is 2.50. The van der Waals surface area contributed by atoms with Crippen molar-refractivity contribution in [3.63, 3.8) is 0 Å². The summed E-state index contributed by atoms with van der Waals surface area (Å²) in [6.07, 6.45) is 1.25. The van der Waals surface area contributed by atoms with Crippen LogP contribution in [0.25, 0.3) is 0 Å². The van der Waals surface area contributed by atoms with E-state index in [1.807, 2.05) is 0 Å². The van der Waals surface area contributed by atoms with E-state index in [-0.39, 0.29) is 24.6 Å². The molecule has 0 fully saturated rings. The second-order valence-corrected chi connectivity index (χ2v) is 8.25. The van der Waals surface area contributed by atoms with Gasteiger partial charge in [0.05, 0.1) is 6.61 Å². The van der Waals surface area contributed by atoms with Gasteiger partial charge in [-0.1, -0.05) is 23.2 Å². The normalized spacial score (nSPS) is 15.4. The number of hydrogen-bond donors (Lipinski definition) is 2. The first-order chi connectivity index (χ1) is 13.5. The van der Waals surface area contributed by atoms with Crippen LogP contribution in [0.4, 0.5) is 5.69 Å². The molecule has 1 aliphatic heterocycles. The van der Waals surface area contributed by atoms with Crippen molar-refractivity contribution >= 4 is 47.0 Å². The monoisotopic (exact) mass is 443 g/mol. The second-order valence-electron chi connectivity index (χ2n) is 6.96. The fourth-order valence-electron chi connectivity index (χ4n) is 2.21. The van der Waals surface area contributed by atoms with Crippen LogP contribution in [0.15, 0.2) is 40.7 Å². The zero-order valence-electron chi connectivity index (χ0n) is 16.5. The van der Waals surface area contributed by atoms with Crippen LogP contribution in [-0.2, 0) is 19.1 Å². The zero-order chi connectivity index (χ0) is 21.7. The number of hydrogen-bond acceptors (Lipinski definition) is 8. The molecule has 1 heterocycles. The van der Waals surface area contributed by atoms with Gasteiger partial charge in [-0.25, -0.2) is 14.6 Å². The molecule has 0 radical (unpaired) electrons. The molecule has 0 unspecified atom stereocenters. The van der Waals surface area contributed by atoms with Crippen molar-refractivity contribution in [2.45, 2.75) is 37.9 Å². The molecule has 2 rings (SSSR count). The van der Waals surface area contributed by atoms with Gasteiger partial charge in [0.15, 0.2) is 6.61 Å². The van der Waals surface area contributed by atoms with Gasteiger partial charge in [-0.05, 0) is 52.0 Å². The number of esters is 2. The molecule has 8 nitrogen and oxygen atoms in total. The third kappa shape index (κ3) is 7.47. The number of nitrogens with zero attached hydrogens (tertiary/aromatic N) is 1. The number of alkyl halides is 2. The molecule has 0 bridgehead atoms. The first-order valence-corrected chi connectivity index (χ1v) is 9.59. The first-order valence-electron chi connectivity index (χ1n) is 8.83. The number of rotatable bonds is 7. The Morgan fingerprint density at radius 2 is 1.86 bits per heavy atom. The Morgan fingerprint density at radius 1 is 1.21 bits per heavy atom. The topological polar surface area (TPSA) is 98.2 Å². The second kappa shape index (κ2) is 9.37. The van der Waals surface area contributed by atoms with Gasteiger partial charge in [0.25, 0.3) is 4.58 Å². The fraction of sp³-hybridized carbons (Fsp3) is 0.421. The molecule has 0 atom stereocenters. The highest BCUT2D eigenvalue weighted by molar-refractivity contribution is 6.48. The minimum absolute atomic E-state index is 0.147. The van der Waals surface area contributed by atoms with Crippen LogP contribution in [-0.4, -0.2) is 41.5 Å². The van der Waals surface area contributed by atoms with Gasteiger partial charge >= 0.3 is 11.9 Å². The van der Waals surface area contributed by atoms with E-state index in [2.05, 4.69) is 15.6 Å². The number of ether oxygens (including phenoxy) is 3. The van der Waals surface area contributed by atoms with Crippen LogP contribution in [0.3, 0.4) is 0 Å². The van der Waals surface area contributed by atoms with E-state index < -0.39 is 22.1 Å². The summed E-state index contributed by atoms with van der Waals surface area (Å²) in [5.41, 5.74) is 0.182. The lowest BCUT2D eigenvalue weighted by molar-refractivity contribution is -0.157. The zero-order valence-corrected chi connectivity index (χ0v) is 18.1. The minimum atomic E-state index is -1.62. The molecule has 1 aliphatic rings. The quantitative estimate of drug-likeness (QED) is 0.378. The molecule has 10 heteroatoms. The highest BCUT2D eigenvalue weighted by atomic mass is 35.5. The molecule has 1 aromatic rings. The third-order valence-electron chi connectivity index (χ3n) is 3.30. The predicted octanol–water partition coefficient (Wildman–Crippen LogP) is 3.36. The van der Waals surface area contributed by atoms with Crippen LogP contribution < -0.4 is 15.4 Å². The van der Waals surface area contributed by atoms with Gasteiger partial charge in [0.1, 0.15) is 22.7 Å². The Hall–Kier alpha value is -2.45. The Kier molecular flexibility index (Phi) is 7.37. The highest BCUT2D eigenvalue weighted by Crippen LogP contribution is 2.26. The molecule has 0 aromatic heterocycles. The average Bonchev–Trinajstić information content (AvgIpc) is 2.59. The van der Waals surface area contributed by atoms with Crippen LogP contribution in [0.1, 0.15) is 27.7 Å².